The molecule has 0 saturated carbocycles. The minimum Gasteiger partial charge on any atom is -0.454 e. The summed E-state index contributed by atoms with van der Waals surface area (Å²) >= 11 is 0. The number of nitrogens with zero attached hydrogens (tertiary/aromatic N) is 3. The molecule has 2 heterocycles. The summed E-state index contributed by atoms with van der Waals surface area (Å²) in [5.41, 5.74) is 1.29. The normalized spacial score (nSPS) is 14.5. The van der Waals surface area contributed by atoms with Crippen molar-refractivity contribution in [2.45, 2.75) is 17.7 Å². The quantitative estimate of drug-likeness (QED) is 0.415. The van der Waals surface area contributed by atoms with Gasteiger partial charge in [0.1, 0.15) is 0 Å². The average molecular weight is 439 g/mol. The molecule has 1 saturated heterocycles. The van der Waals surface area contributed by atoms with Gasteiger partial charge in [-0.05, 0) is 49.2 Å². The Morgan fingerprint density at radius 1 is 0.935 bits per heavy atom. The van der Waals surface area contributed by atoms with Crippen molar-refractivity contribution in [1.82, 2.24) is 14.1 Å². The van der Waals surface area contributed by atoms with Crippen LogP contribution in [0.2, 0.25) is 0 Å². The monoisotopic (exact) mass is 439 g/mol. The van der Waals surface area contributed by atoms with Crippen molar-refractivity contribution >= 4 is 21.8 Å². The van der Waals surface area contributed by atoms with E-state index < -0.39 is 28.4 Å². The zero-order chi connectivity index (χ0) is 21.8. The largest absolute Gasteiger partial charge is 0.454 e. The molecule has 2 aromatic carbocycles. The third-order valence-electron chi connectivity index (χ3n) is 5.05. The summed E-state index contributed by atoms with van der Waals surface area (Å²) in [6, 6.07) is 15.0. The van der Waals surface area contributed by atoms with E-state index in [-0.39, 0.29) is 16.0 Å². The predicted molar refractivity (Wildman–Crippen MR) is 113 cm³/mol. The lowest BCUT2D eigenvalue weighted by molar-refractivity contribution is 0.0474. The van der Waals surface area contributed by atoms with Crippen LogP contribution in [0.15, 0.2) is 71.9 Å². The Kier molecular flexibility index (Phi) is 5.97. The molecule has 9 heteroatoms. The Labute approximate surface area is 180 Å². The van der Waals surface area contributed by atoms with E-state index in [2.05, 4.69) is 5.10 Å². The maximum Gasteiger partial charge on any atom is 0.341 e. The molecule has 0 atom stereocenters. The Hall–Kier alpha value is -3.30. The van der Waals surface area contributed by atoms with Gasteiger partial charge in [0, 0.05) is 24.8 Å². The lowest BCUT2D eigenvalue weighted by atomic mass is 10.1. The number of Topliss-reactive ketones (excluding diaryl/α,β-unsaturated/α-hetero) is 1. The van der Waals surface area contributed by atoms with Crippen molar-refractivity contribution in [2.24, 2.45) is 0 Å². The standard InChI is InChI=1S/C22H21N3O5S/c26-21(17-8-10-20(11-9-17)31(28,29)24-12-4-5-13-24)16-30-22(27)18-14-23-25(15-18)19-6-2-1-3-7-19/h1-3,6-11,14-15H,4-5,12-13,16H2. The van der Waals surface area contributed by atoms with Crippen molar-refractivity contribution in [2.75, 3.05) is 19.7 Å². The van der Waals surface area contributed by atoms with Crippen molar-refractivity contribution in [3.05, 3.63) is 78.1 Å². The van der Waals surface area contributed by atoms with Gasteiger partial charge in [-0.25, -0.2) is 17.9 Å². The van der Waals surface area contributed by atoms with E-state index in [1.807, 2.05) is 30.3 Å². The number of carbonyl (C=O) groups is 2. The fourth-order valence-electron chi connectivity index (χ4n) is 3.34. The summed E-state index contributed by atoms with van der Waals surface area (Å²) in [6.45, 7) is 0.577. The van der Waals surface area contributed by atoms with E-state index >= 15 is 0 Å². The predicted octanol–water partition coefficient (Wildman–Crippen LogP) is 2.70. The highest BCUT2D eigenvalue weighted by atomic mass is 32.2. The van der Waals surface area contributed by atoms with Crippen LogP contribution in [0.4, 0.5) is 0 Å². The molecule has 1 aromatic heterocycles. The Bertz CT molecular complexity index is 1180. The van der Waals surface area contributed by atoms with Crippen LogP contribution in [0.1, 0.15) is 33.6 Å². The fraction of sp³-hybridized carbons (Fsp3) is 0.227. The highest BCUT2D eigenvalue weighted by Crippen LogP contribution is 2.21. The molecular formula is C22H21N3O5S. The molecular weight excluding hydrogens is 418 g/mol. The summed E-state index contributed by atoms with van der Waals surface area (Å²) in [7, 11) is -3.54. The minimum atomic E-state index is -3.54. The summed E-state index contributed by atoms with van der Waals surface area (Å²) in [6.07, 6.45) is 4.61. The van der Waals surface area contributed by atoms with Crippen LogP contribution in [0.3, 0.4) is 0 Å². The first-order chi connectivity index (χ1) is 14.9. The van der Waals surface area contributed by atoms with Gasteiger partial charge in [0.05, 0.1) is 22.3 Å². The number of ketones is 1. The molecule has 3 aromatic rings. The molecule has 1 aliphatic rings. The SMILES string of the molecule is O=C(COC(=O)c1cnn(-c2ccccc2)c1)c1ccc(S(=O)(=O)N2CCCC2)cc1. The fourth-order valence-corrected chi connectivity index (χ4v) is 4.86. The van der Waals surface area contributed by atoms with Gasteiger partial charge in [0.25, 0.3) is 0 Å². The topological polar surface area (TPSA) is 98.6 Å². The lowest BCUT2D eigenvalue weighted by Crippen LogP contribution is -2.27. The third-order valence-corrected chi connectivity index (χ3v) is 6.97. The second-order valence-corrected chi connectivity index (χ2v) is 9.08. The number of aromatic nitrogens is 2. The Morgan fingerprint density at radius 3 is 2.29 bits per heavy atom. The summed E-state index contributed by atoms with van der Waals surface area (Å²) in [4.78, 5) is 24.8. The van der Waals surface area contributed by atoms with Gasteiger partial charge in [0.15, 0.2) is 12.4 Å². The van der Waals surface area contributed by atoms with Crippen molar-refractivity contribution in [3.63, 3.8) is 0 Å². The first-order valence-electron chi connectivity index (χ1n) is 9.86. The van der Waals surface area contributed by atoms with Crippen LogP contribution in [-0.4, -0.2) is 54.0 Å². The van der Waals surface area contributed by atoms with Crippen LogP contribution >= 0.6 is 0 Å². The molecule has 0 spiro atoms. The first-order valence-corrected chi connectivity index (χ1v) is 11.3. The van der Waals surface area contributed by atoms with Crippen LogP contribution in [0, 0.1) is 0 Å². The summed E-state index contributed by atoms with van der Waals surface area (Å²) in [5, 5.41) is 4.13. The van der Waals surface area contributed by atoms with Gasteiger partial charge in [-0.1, -0.05) is 18.2 Å². The number of sulfonamides is 1. The molecule has 8 nitrogen and oxygen atoms in total. The van der Waals surface area contributed by atoms with E-state index in [9.17, 15) is 18.0 Å². The molecule has 0 unspecified atom stereocenters. The van der Waals surface area contributed by atoms with E-state index in [0.717, 1.165) is 18.5 Å². The first kappa shape index (κ1) is 21.0. The van der Waals surface area contributed by atoms with Gasteiger partial charge in [0.2, 0.25) is 10.0 Å². The van der Waals surface area contributed by atoms with E-state index in [1.54, 1.807) is 0 Å². The van der Waals surface area contributed by atoms with E-state index in [0.29, 0.717) is 13.1 Å². The Balaban J connectivity index is 1.36. The van der Waals surface area contributed by atoms with Crippen molar-refractivity contribution in [3.8, 4) is 5.69 Å². The van der Waals surface area contributed by atoms with E-state index in [4.69, 9.17) is 4.74 Å². The molecule has 1 fully saturated rings. The van der Waals surface area contributed by atoms with Crippen LogP contribution < -0.4 is 0 Å². The number of hydrogen-bond acceptors (Lipinski definition) is 6. The highest BCUT2D eigenvalue weighted by Gasteiger charge is 2.27. The number of esters is 1. The maximum atomic E-state index is 12.6. The zero-order valence-corrected chi connectivity index (χ0v) is 17.5. The third kappa shape index (κ3) is 4.57. The second-order valence-electron chi connectivity index (χ2n) is 7.14. The van der Waals surface area contributed by atoms with Gasteiger partial charge in [-0.3, -0.25) is 4.79 Å². The second kappa shape index (κ2) is 8.83. The molecule has 0 N–H and O–H groups in total. The number of rotatable bonds is 7. The lowest BCUT2D eigenvalue weighted by Gasteiger charge is -2.15. The van der Waals surface area contributed by atoms with Crippen molar-refractivity contribution < 1.29 is 22.7 Å². The van der Waals surface area contributed by atoms with Crippen LogP contribution in [0.25, 0.3) is 5.69 Å². The highest BCUT2D eigenvalue weighted by molar-refractivity contribution is 7.89. The van der Waals surface area contributed by atoms with E-state index in [1.165, 1.54) is 45.6 Å². The van der Waals surface area contributed by atoms with Gasteiger partial charge >= 0.3 is 5.97 Å². The number of hydrogen-bond donors (Lipinski definition) is 0. The molecule has 0 radical (unpaired) electrons. The number of ether oxygens (including phenoxy) is 1. The van der Waals surface area contributed by atoms with Crippen molar-refractivity contribution in [1.29, 1.82) is 0 Å². The van der Waals surface area contributed by atoms with Gasteiger partial charge < -0.3 is 4.74 Å². The number of para-hydroxylation sites is 1. The molecule has 0 aliphatic carbocycles. The summed E-state index contributed by atoms with van der Waals surface area (Å²) in [5.74, 6) is -1.09. The minimum absolute atomic E-state index is 0.149. The molecule has 31 heavy (non-hydrogen) atoms. The Morgan fingerprint density at radius 2 is 1.61 bits per heavy atom. The molecule has 1 aliphatic heterocycles. The number of benzene rings is 2. The molecule has 0 bridgehead atoms. The van der Waals surface area contributed by atoms with Crippen LogP contribution in [0.5, 0.6) is 0 Å². The average Bonchev–Trinajstić information content (AvgIpc) is 3.51. The van der Waals surface area contributed by atoms with Crippen LogP contribution in [-0.2, 0) is 14.8 Å². The van der Waals surface area contributed by atoms with Gasteiger partial charge in [-0.2, -0.15) is 9.40 Å². The summed E-state index contributed by atoms with van der Waals surface area (Å²) < 4.78 is 33.2. The maximum absolute atomic E-state index is 12.6. The molecule has 160 valence electrons. The zero-order valence-electron chi connectivity index (χ0n) is 16.7. The number of carbonyl (C=O) groups excluding carboxylic acids is 2. The smallest absolute Gasteiger partial charge is 0.341 e. The molecule has 0 amide bonds. The van der Waals surface area contributed by atoms with Gasteiger partial charge in [-0.15, -0.1) is 0 Å². The molecule has 4 rings (SSSR count).